The molecule has 13 heteroatoms. The lowest BCUT2D eigenvalue weighted by atomic mass is 10.3. The predicted octanol–water partition coefficient (Wildman–Crippen LogP) is 2.00. The van der Waals surface area contributed by atoms with Gasteiger partial charge in [-0.1, -0.05) is 17.8 Å². The van der Waals surface area contributed by atoms with Gasteiger partial charge in [0.25, 0.3) is 0 Å². The quantitative estimate of drug-likeness (QED) is 0.536. The molecular formula is C14H15F3N6O3S. The molecule has 1 heterocycles. The average molecular weight is 404 g/mol. The van der Waals surface area contributed by atoms with Gasteiger partial charge in [0.15, 0.2) is 6.61 Å². The monoisotopic (exact) mass is 404 g/mol. The molecule has 1 aromatic heterocycles. The maximum atomic E-state index is 11.9. The summed E-state index contributed by atoms with van der Waals surface area (Å²) in [6, 6.07) is 6.83. The topological polar surface area (TPSA) is 111 Å². The minimum atomic E-state index is -4.57. The number of halogens is 3. The highest BCUT2D eigenvalue weighted by molar-refractivity contribution is 7.99. The van der Waals surface area contributed by atoms with Gasteiger partial charge in [-0.05, 0) is 28.6 Å². The van der Waals surface area contributed by atoms with E-state index in [-0.39, 0.29) is 12.5 Å². The summed E-state index contributed by atoms with van der Waals surface area (Å²) in [5.74, 6) is 0.0781. The van der Waals surface area contributed by atoms with E-state index in [1.807, 2.05) is 0 Å². The van der Waals surface area contributed by atoms with Crippen LogP contribution in [0, 0.1) is 0 Å². The summed E-state index contributed by atoms with van der Waals surface area (Å²) in [6.07, 6.45) is -5.73. The zero-order chi connectivity index (χ0) is 19.9. The zero-order valence-corrected chi connectivity index (χ0v) is 14.8. The first kappa shape index (κ1) is 20.5. The van der Waals surface area contributed by atoms with Crippen molar-refractivity contribution in [3.8, 4) is 5.69 Å². The SMILES string of the molecule is CC(=O)Nc1cccc(-n2nnnc2SCCNC(=O)OCC(F)(F)F)c1. The van der Waals surface area contributed by atoms with Gasteiger partial charge >= 0.3 is 12.3 Å². The molecule has 9 nitrogen and oxygen atoms in total. The van der Waals surface area contributed by atoms with Gasteiger partial charge in [-0.15, -0.1) is 5.10 Å². The number of alkyl halides is 3. The lowest BCUT2D eigenvalue weighted by molar-refractivity contribution is -0.160. The highest BCUT2D eigenvalue weighted by Gasteiger charge is 2.29. The second-order valence-electron chi connectivity index (χ2n) is 5.07. The number of aromatic nitrogens is 4. The number of thioether (sulfide) groups is 1. The highest BCUT2D eigenvalue weighted by Crippen LogP contribution is 2.20. The number of carbonyl (C=O) groups is 2. The van der Waals surface area contributed by atoms with Crippen molar-refractivity contribution >= 4 is 29.4 Å². The van der Waals surface area contributed by atoms with Crippen LogP contribution in [0.5, 0.6) is 0 Å². The third-order valence-corrected chi connectivity index (χ3v) is 3.74. The second kappa shape index (κ2) is 9.21. The first-order valence-electron chi connectivity index (χ1n) is 7.51. The zero-order valence-electron chi connectivity index (χ0n) is 14.0. The molecule has 0 saturated heterocycles. The van der Waals surface area contributed by atoms with Crippen LogP contribution in [0.15, 0.2) is 29.4 Å². The van der Waals surface area contributed by atoms with Crippen LogP contribution >= 0.6 is 11.8 Å². The van der Waals surface area contributed by atoms with E-state index in [1.54, 1.807) is 24.3 Å². The second-order valence-corrected chi connectivity index (χ2v) is 6.13. The van der Waals surface area contributed by atoms with Gasteiger partial charge in [0.05, 0.1) is 5.69 Å². The molecule has 0 unspecified atom stereocenters. The third-order valence-electron chi connectivity index (χ3n) is 2.82. The molecule has 0 radical (unpaired) electrons. The lowest BCUT2D eigenvalue weighted by Crippen LogP contribution is -2.30. The number of benzene rings is 1. The van der Waals surface area contributed by atoms with Crippen LogP contribution in [0.3, 0.4) is 0 Å². The number of hydrogen-bond donors (Lipinski definition) is 2. The Labute approximate surface area is 155 Å². The number of carbonyl (C=O) groups excluding carboxylic acids is 2. The van der Waals surface area contributed by atoms with Gasteiger partial charge in [-0.2, -0.15) is 17.9 Å². The van der Waals surface area contributed by atoms with Crippen molar-refractivity contribution in [1.29, 1.82) is 0 Å². The Kier molecular flexibility index (Phi) is 6.98. The van der Waals surface area contributed by atoms with E-state index < -0.39 is 18.9 Å². The molecule has 0 atom stereocenters. The summed E-state index contributed by atoms with van der Waals surface area (Å²) < 4.78 is 41.3. The molecule has 0 aliphatic rings. The number of hydrogen-bond acceptors (Lipinski definition) is 7. The number of nitrogens with one attached hydrogen (secondary N) is 2. The number of alkyl carbamates (subject to hydrolysis) is 1. The molecule has 27 heavy (non-hydrogen) atoms. The normalized spacial score (nSPS) is 11.1. The number of ether oxygens (including phenoxy) is 1. The molecular weight excluding hydrogens is 389 g/mol. The van der Waals surface area contributed by atoms with Crippen LogP contribution in [0.2, 0.25) is 0 Å². The smallest absolute Gasteiger partial charge is 0.422 e. The number of amides is 2. The van der Waals surface area contributed by atoms with E-state index in [0.29, 0.717) is 22.3 Å². The van der Waals surface area contributed by atoms with Gasteiger partial charge < -0.3 is 15.4 Å². The van der Waals surface area contributed by atoms with E-state index in [1.165, 1.54) is 23.4 Å². The summed E-state index contributed by atoms with van der Waals surface area (Å²) in [7, 11) is 0. The molecule has 0 saturated carbocycles. The van der Waals surface area contributed by atoms with Gasteiger partial charge in [0, 0.05) is 24.9 Å². The lowest BCUT2D eigenvalue weighted by Gasteiger charge is -2.09. The van der Waals surface area contributed by atoms with Gasteiger partial charge in [0.1, 0.15) is 0 Å². The molecule has 0 bridgehead atoms. The van der Waals surface area contributed by atoms with Gasteiger partial charge in [-0.3, -0.25) is 4.79 Å². The molecule has 0 spiro atoms. The van der Waals surface area contributed by atoms with E-state index in [9.17, 15) is 22.8 Å². The van der Waals surface area contributed by atoms with Crippen molar-refractivity contribution in [3.63, 3.8) is 0 Å². The summed E-state index contributed by atoms with van der Waals surface area (Å²) in [5.41, 5.74) is 1.17. The fourth-order valence-electron chi connectivity index (χ4n) is 1.84. The van der Waals surface area contributed by atoms with Crippen molar-refractivity contribution in [1.82, 2.24) is 25.5 Å². The number of tetrazole rings is 1. The Hall–Kier alpha value is -2.83. The van der Waals surface area contributed by atoms with Crippen molar-refractivity contribution in [2.75, 3.05) is 24.2 Å². The molecule has 1 aromatic carbocycles. The minimum Gasteiger partial charge on any atom is -0.440 e. The van der Waals surface area contributed by atoms with Crippen molar-refractivity contribution in [2.24, 2.45) is 0 Å². The first-order chi connectivity index (χ1) is 12.7. The van der Waals surface area contributed by atoms with E-state index in [2.05, 4.69) is 30.9 Å². The minimum absolute atomic E-state index is 0.0557. The maximum Gasteiger partial charge on any atom is 0.422 e. The van der Waals surface area contributed by atoms with E-state index in [4.69, 9.17) is 0 Å². The Morgan fingerprint density at radius 2 is 2.11 bits per heavy atom. The molecule has 2 N–H and O–H groups in total. The summed E-state index contributed by atoms with van der Waals surface area (Å²) in [5, 5.41) is 16.5. The Morgan fingerprint density at radius 3 is 2.81 bits per heavy atom. The first-order valence-corrected chi connectivity index (χ1v) is 8.50. The standard InChI is InChI=1S/C14H15F3N6O3S/c1-9(24)19-10-3-2-4-11(7-10)23-12(20-21-22-23)27-6-5-18-13(25)26-8-14(15,16)17/h2-4,7H,5-6,8H2,1H3,(H,18,25)(H,19,24). The molecule has 0 aliphatic heterocycles. The van der Waals surface area contributed by atoms with Gasteiger partial charge in [0.2, 0.25) is 11.1 Å². The largest absolute Gasteiger partial charge is 0.440 e. The number of anilines is 1. The predicted molar refractivity (Wildman–Crippen MR) is 89.6 cm³/mol. The number of nitrogens with zero attached hydrogens (tertiary/aromatic N) is 4. The van der Waals surface area contributed by atoms with Crippen molar-refractivity contribution in [3.05, 3.63) is 24.3 Å². The van der Waals surface area contributed by atoms with Crippen LogP contribution in [0.4, 0.5) is 23.7 Å². The molecule has 2 aromatic rings. The Balaban J connectivity index is 1.87. The van der Waals surface area contributed by atoms with Gasteiger partial charge in [-0.25, -0.2) is 4.79 Å². The van der Waals surface area contributed by atoms with Crippen LogP contribution < -0.4 is 10.6 Å². The Morgan fingerprint density at radius 1 is 1.33 bits per heavy atom. The van der Waals surface area contributed by atoms with Crippen molar-refractivity contribution < 1.29 is 27.5 Å². The maximum absolute atomic E-state index is 11.9. The molecule has 0 aliphatic carbocycles. The van der Waals surface area contributed by atoms with Crippen LogP contribution in [0.1, 0.15) is 6.92 Å². The summed E-state index contributed by atoms with van der Waals surface area (Å²) >= 11 is 1.18. The molecule has 2 rings (SSSR count). The molecule has 2 amide bonds. The molecule has 146 valence electrons. The summed E-state index contributed by atoms with van der Waals surface area (Å²) in [6.45, 7) is -0.202. The van der Waals surface area contributed by atoms with Crippen LogP contribution in [-0.2, 0) is 9.53 Å². The third kappa shape index (κ3) is 7.13. The van der Waals surface area contributed by atoms with E-state index in [0.717, 1.165) is 0 Å². The summed E-state index contributed by atoms with van der Waals surface area (Å²) in [4.78, 5) is 22.3. The van der Waals surface area contributed by atoms with Crippen LogP contribution in [-0.4, -0.2) is 57.3 Å². The van der Waals surface area contributed by atoms with Crippen LogP contribution in [0.25, 0.3) is 5.69 Å². The number of rotatable bonds is 7. The Bertz CT molecular complexity index is 798. The fourth-order valence-corrected chi connectivity index (χ4v) is 2.59. The fraction of sp³-hybridized carbons (Fsp3) is 0.357. The van der Waals surface area contributed by atoms with Crippen molar-refractivity contribution in [2.45, 2.75) is 18.3 Å². The van der Waals surface area contributed by atoms with E-state index >= 15 is 0 Å². The molecule has 0 fully saturated rings. The highest BCUT2D eigenvalue weighted by atomic mass is 32.2. The average Bonchev–Trinajstić information content (AvgIpc) is 3.04.